The number of nitrogens with zero attached hydrogens (tertiary/aromatic N) is 5. The van der Waals surface area contributed by atoms with Gasteiger partial charge in [0.25, 0.3) is 0 Å². The molecule has 32 heavy (non-hydrogen) atoms. The van der Waals surface area contributed by atoms with E-state index in [-0.39, 0.29) is 10.9 Å². The van der Waals surface area contributed by atoms with Crippen LogP contribution in [0.25, 0.3) is 11.0 Å². The number of rotatable bonds is 6. The van der Waals surface area contributed by atoms with Crippen molar-refractivity contribution >= 4 is 32.7 Å². The number of likely N-dealkylation sites (N-methyl/N-ethyl adjacent to an activating group) is 1. The molecule has 3 N–H and O–H groups in total. The van der Waals surface area contributed by atoms with Crippen LogP contribution in [-0.2, 0) is 10.0 Å². The van der Waals surface area contributed by atoms with Gasteiger partial charge in [-0.2, -0.15) is 0 Å². The lowest BCUT2D eigenvalue weighted by Gasteiger charge is -2.26. The number of H-pyrrole nitrogens is 1. The zero-order valence-electron chi connectivity index (χ0n) is 17.8. The van der Waals surface area contributed by atoms with Gasteiger partial charge in [0.15, 0.2) is 0 Å². The highest BCUT2D eigenvalue weighted by molar-refractivity contribution is 7.89. The fourth-order valence-corrected chi connectivity index (χ4v) is 5.88. The maximum Gasteiger partial charge on any atom is 0.242 e. The van der Waals surface area contributed by atoms with Crippen molar-refractivity contribution < 1.29 is 13.5 Å². The quantitative estimate of drug-likeness (QED) is 0.505. The molecule has 3 aromatic rings. The molecule has 170 valence electrons. The van der Waals surface area contributed by atoms with E-state index < -0.39 is 22.2 Å². The molecule has 1 saturated heterocycles. The number of hydrogen-bond acceptors (Lipinski definition) is 8. The van der Waals surface area contributed by atoms with E-state index in [9.17, 15) is 13.5 Å². The molecule has 10 nitrogen and oxygen atoms in total. The third-order valence-electron chi connectivity index (χ3n) is 6.52. The number of sulfonamides is 1. The van der Waals surface area contributed by atoms with Crippen molar-refractivity contribution in [3.05, 3.63) is 36.9 Å². The topological polar surface area (TPSA) is 127 Å². The Morgan fingerprint density at radius 2 is 2.06 bits per heavy atom. The molecule has 5 rings (SSSR count). The lowest BCUT2D eigenvalue weighted by molar-refractivity contribution is 0.159. The molecule has 1 aliphatic heterocycles. The molecule has 4 heterocycles. The highest BCUT2D eigenvalue weighted by atomic mass is 32.2. The zero-order chi connectivity index (χ0) is 22.3. The van der Waals surface area contributed by atoms with Gasteiger partial charge in [0.2, 0.25) is 10.0 Å². The van der Waals surface area contributed by atoms with Gasteiger partial charge >= 0.3 is 0 Å². The van der Waals surface area contributed by atoms with Crippen molar-refractivity contribution in [2.24, 2.45) is 0 Å². The average Bonchev–Trinajstić information content (AvgIpc) is 3.54. The highest BCUT2D eigenvalue weighted by Gasteiger charge is 2.31. The van der Waals surface area contributed by atoms with Crippen LogP contribution in [0.4, 0.5) is 11.6 Å². The number of aromatic amines is 1. The van der Waals surface area contributed by atoms with Crippen LogP contribution in [0.15, 0.2) is 41.8 Å². The van der Waals surface area contributed by atoms with Crippen LogP contribution in [0.1, 0.15) is 25.7 Å². The zero-order valence-corrected chi connectivity index (χ0v) is 18.7. The fourth-order valence-electron chi connectivity index (χ4n) is 4.63. The first-order valence-corrected chi connectivity index (χ1v) is 12.3. The number of hydrogen-bond donors (Lipinski definition) is 3. The van der Waals surface area contributed by atoms with E-state index in [0.29, 0.717) is 18.7 Å². The Kier molecular flexibility index (Phi) is 5.48. The van der Waals surface area contributed by atoms with Gasteiger partial charge in [-0.1, -0.05) is 0 Å². The molecule has 3 aromatic heterocycles. The van der Waals surface area contributed by atoms with Gasteiger partial charge in [0.05, 0.1) is 11.5 Å². The molecule has 2 unspecified atom stereocenters. The van der Waals surface area contributed by atoms with Crippen LogP contribution in [-0.4, -0.2) is 71.8 Å². The number of aromatic nitrogens is 4. The lowest BCUT2D eigenvalue weighted by atomic mass is 10.2. The molecule has 0 bridgehead atoms. The van der Waals surface area contributed by atoms with Crippen molar-refractivity contribution in [1.82, 2.24) is 24.7 Å². The van der Waals surface area contributed by atoms with Gasteiger partial charge in [0.1, 0.15) is 28.5 Å². The second kappa shape index (κ2) is 8.30. The predicted octanol–water partition coefficient (Wildman–Crippen LogP) is 1.26. The van der Waals surface area contributed by atoms with E-state index in [1.165, 1.54) is 6.20 Å². The van der Waals surface area contributed by atoms with Crippen molar-refractivity contribution in [2.45, 2.75) is 48.8 Å². The minimum atomic E-state index is -3.71. The van der Waals surface area contributed by atoms with Crippen LogP contribution in [0, 0.1) is 0 Å². The molecule has 11 heteroatoms. The third-order valence-corrected chi connectivity index (χ3v) is 8.00. The molecule has 0 radical (unpaired) electrons. The second-order valence-corrected chi connectivity index (χ2v) is 10.2. The van der Waals surface area contributed by atoms with E-state index in [1.807, 2.05) is 19.3 Å². The standard InChI is InChI=1S/C21H27N7O3S/c1-27(14-8-10-28(12-14)21-16-7-9-22-20(16)24-13-25-21)19-6-5-15(11-23-19)32(30,31)26-17-3-2-4-18(17)29/h5-7,9,11,13-14,17-18,26,29H,2-4,8,10,12H2,1H3,(H,22,24,25)/t14-,17?,18?/m1/s1. The van der Waals surface area contributed by atoms with Crippen molar-refractivity contribution in [2.75, 3.05) is 29.9 Å². The Morgan fingerprint density at radius 1 is 1.19 bits per heavy atom. The third kappa shape index (κ3) is 3.91. The Hall–Kier alpha value is -2.76. The van der Waals surface area contributed by atoms with E-state index >= 15 is 0 Å². The smallest absolute Gasteiger partial charge is 0.242 e. The van der Waals surface area contributed by atoms with Crippen LogP contribution < -0.4 is 14.5 Å². The summed E-state index contributed by atoms with van der Waals surface area (Å²) in [7, 11) is -1.74. The van der Waals surface area contributed by atoms with Crippen LogP contribution in [0.5, 0.6) is 0 Å². The first-order chi connectivity index (χ1) is 15.4. The summed E-state index contributed by atoms with van der Waals surface area (Å²) in [5.74, 6) is 1.63. The first-order valence-electron chi connectivity index (χ1n) is 10.8. The number of aliphatic hydroxyl groups is 1. The lowest BCUT2D eigenvalue weighted by Crippen LogP contribution is -2.39. The Morgan fingerprint density at radius 3 is 2.81 bits per heavy atom. The molecule has 2 aliphatic rings. The minimum absolute atomic E-state index is 0.109. The molecule has 0 aromatic carbocycles. The predicted molar refractivity (Wildman–Crippen MR) is 121 cm³/mol. The highest BCUT2D eigenvalue weighted by Crippen LogP contribution is 2.28. The van der Waals surface area contributed by atoms with E-state index in [4.69, 9.17) is 0 Å². The normalized spacial score (nSPS) is 23.8. The van der Waals surface area contributed by atoms with E-state index in [0.717, 1.165) is 42.8 Å². The number of fused-ring (bicyclic) bond motifs is 1. The summed E-state index contributed by atoms with van der Waals surface area (Å²) >= 11 is 0. The monoisotopic (exact) mass is 457 g/mol. The average molecular weight is 458 g/mol. The SMILES string of the molecule is CN(c1ccc(S(=O)(=O)NC2CCCC2O)cn1)[C@@H]1CCN(c2ncnc3[nH]ccc23)C1. The van der Waals surface area contributed by atoms with Crippen molar-refractivity contribution in [3.8, 4) is 0 Å². The van der Waals surface area contributed by atoms with Gasteiger partial charge in [-0.05, 0) is 43.9 Å². The Balaban J connectivity index is 1.27. The maximum atomic E-state index is 12.7. The number of anilines is 2. The molecule has 0 amide bonds. The molecule has 1 aliphatic carbocycles. The van der Waals surface area contributed by atoms with Crippen molar-refractivity contribution in [3.63, 3.8) is 0 Å². The maximum absolute atomic E-state index is 12.7. The second-order valence-electron chi connectivity index (χ2n) is 8.51. The van der Waals surface area contributed by atoms with Crippen LogP contribution >= 0.6 is 0 Å². The summed E-state index contributed by atoms with van der Waals surface area (Å²) in [6.45, 7) is 1.66. The van der Waals surface area contributed by atoms with Crippen LogP contribution in [0.2, 0.25) is 0 Å². The van der Waals surface area contributed by atoms with Crippen LogP contribution in [0.3, 0.4) is 0 Å². The molecule has 2 fully saturated rings. The summed E-state index contributed by atoms with van der Waals surface area (Å²) in [4.78, 5) is 20.7. The summed E-state index contributed by atoms with van der Waals surface area (Å²) in [5.41, 5.74) is 0.823. The summed E-state index contributed by atoms with van der Waals surface area (Å²) in [6, 6.07) is 5.09. The van der Waals surface area contributed by atoms with Gasteiger partial charge in [0, 0.05) is 44.6 Å². The first kappa shape index (κ1) is 21.1. The van der Waals surface area contributed by atoms with E-state index in [2.05, 4.69) is 34.5 Å². The van der Waals surface area contributed by atoms with Gasteiger partial charge < -0.3 is 19.9 Å². The summed E-state index contributed by atoms with van der Waals surface area (Å²) in [6.07, 6.45) is 7.22. The van der Waals surface area contributed by atoms with E-state index in [1.54, 1.807) is 18.5 Å². The Bertz CT molecular complexity index is 1200. The fraction of sp³-hybridized carbons (Fsp3) is 0.476. The number of aliphatic hydroxyl groups excluding tert-OH is 1. The van der Waals surface area contributed by atoms with Gasteiger partial charge in [-0.15, -0.1) is 0 Å². The van der Waals surface area contributed by atoms with Crippen molar-refractivity contribution in [1.29, 1.82) is 0 Å². The number of pyridine rings is 1. The Labute approximate surface area is 186 Å². The molecule has 1 saturated carbocycles. The largest absolute Gasteiger partial charge is 0.391 e. The number of nitrogens with one attached hydrogen (secondary N) is 2. The molecule has 3 atom stereocenters. The van der Waals surface area contributed by atoms with Gasteiger partial charge in [-0.25, -0.2) is 28.1 Å². The molecular weight excluding hydrogens is 430 g/mol. The summed E-state index contributed by atoms with van der Waals surface area (Å²) < 4.78 is 27.9. The summed E-state index contributed by atoms with van der Waals surface area (Å²) in [5, 5.41) is 10.9. The minimum Gasteiger partial charge on any atom is -0.391 e. The molecule has 0 spiro atoms. The molecular formula is C21H27N7O3S. The van der Waals surface area contributed by atoms with Gasteiger partial charge in [-0.3, -0.25) is 0 Å².